The highest BCUT2D eigenvalue weighted by atomic mass is 16.5. The minimum absolute atomic E-state index is 0.105. The summed E-state index contributed by atoms with van der Waals surface area (Å²) in [4.78, 5) is 21.7. The molecular formula is C25H25N3O2. The summed E-state index contributed by atoms with van der Waals surface area (Å²) in [7, 11) is 0. The van der Waals surface area contributed by atoms with E-state index in [1.54, 1.807) is 0 Å². The first-order valence-corrected chi connectivity index (χ1v) is 10.5. The molecule has 1 aromatic heterocycles. The molecule has 3 heterocycles. The lowest BCUT2D eigenvalue weighted by Gasteiger charge is -2.35. The van der Waals surface area contributed by atoms with Crippen LogP contribution in [0.3, 0.4) is 0 Å². The lowest BCUT2D eigenvalue weighted by molar-refractivity contribution is 0.0746. The number of anilines is 1. The van der Waals surface area contributed by atoms with Gasteiger partial charge in [-0.05, 0) is 52.6 Å². The van der Waals surface area contributed by atoms with E-state index in [1.807, 2.05) is 41.4 Å². The number of nitrogens with zero attached hydrogens (tertiary/aromatic N) is 3. The van der Waals surface area contributed by atoms with Crippen molar-refractivity contribution in [2.24, 2.45) is 0 Å². The van der Waals surface area contributed by atoms with Crippen LogP contribution in [-0.2, 0) is 4.74 Å². The van der Waals surface area contributed by atoms with Crippen LogP contribution >= 0.6 is 0 Å². The van der Waals surface area contributed by atoms with Gasteiger partial charge in [0, 0.05) is 37.9 Å². The monoisotopic (exact) mass is 399 g/mol. The summed E-state index contributed by atoms with van der Waals surface area (Å²) in [5.41, 5.74) is 3.34. The van der Waals surface area contributed by atoms with Gasteiger partial charge in [0.2, 0.25) is 0 Å². The largest absolute Gasteiger partial charge is 0.377 e. The minimum atomic E-state index is 0.105. The Balaban J connectivity index is 1.34. The second-order valence-electron chi connectivity index (χ2n) is 7.76. The number of hydrogen-bond donors (Lipinski definition) is 0. The molecule has 1 amide bonds. The van der Waals surface area contributed by atoms with Gasteiger partial charge in [-0.2, -0.15) is 0 Å². The molecule has 2 aliphatic rings. The van der Waals surface area contributed by atoms with Crippen molar-refractivity contribution in [2.75, 3.05) is 44.3 Å². The number of fused-ring (bicyclic) bond motifs is 1. The van der Waals surface area contributed by atoms with E-state index in [0.717, 1.165) is 42.9 Å². The summed E-state index contributed by atoms with van der Waals surface area (Å²) in [5.74, 6) is 1.08. The summed E-state index contributed by atoms with van der Waals surface area (Å²) in [5, 5.41) is 2.31. The molecule has 0 aliphatic carbocycles. The standard InChI is InChI=1S/C25H25N3O2/c29-25(28-14-12-27(13-15-28)24-6-1-2-11-26-24)21-7-8-23-20(18-21)4-3-5-22(23)19-9-16-30-17-10-19/h1-9,11,18H,10,12-17H2. The van der Waals surface area contributed by atoms with Gasteiger partial charge < -0.3 is 14.5 Å². The van der Waals surface area contributed by atoms with Crippen molar-refractivity contribution in [1.29, 1.82) is 0 Å². The van der Waals surface area contributed by atoms with Crippen LogP contribution in [0.5, 0.6) is 0 Å². The smallest absolute Gasteiger partial charge is 0.253 e. The molecule has 152 valence electrons. The Morgan fingerprint density at radius 1 is 0.967 bits per heavy atom. The van der Waals surface area contributed by atoms with Crippen molar-refractivity contribution in [1.82, 2.24) is 9.88 Å². The lowest BCUT2D eigenvalue weighted by Crippen LogP contribution is -2.49. The molecule has 1 fully saturated rings. The van der Waals surface area contributed by atoms with Crippen LogP contribution < -0.4 is 4.90 Å². The summed E-state index contributed by atoms with van der Waals surface area (Å²) in [6, 6.07) is 18.4. The molecule has 30 heavy (non-hydrogen) atoms. The molecule has 0 unspecified atom stereocenters. The maximum absolute atomic E-state index is 13.1. The number of aromatic nitrogens is 1. The molecule has 0 bridgehead atoms. The fraction of sp³-hybridized carbons (Fsp3) is 0.280. The van der Waals surface area contributed by atoms with Gasteiger partial charge >= 0.3 is 0 Å². The van der Waals surface area contributed by atoms with E-state index in [0.29, 0.717) is 19.7 Å². The quantitative estimate of drug-likeness (QED) is 0.668. The zero-order chi connectivity index (χ0) is 20.3. The fourth-order valence-electron chi connectivity index (χ4n) is 4.33. The highest BCUT2D eigenvalue weighted by molar-refractivity contribution is 6.01. The van der Waals surface area contributed by atoms with Gasteiger partial charge in [-0.25, -0.2) is 4.98 Å². The molecule has 2 aromatic carbocycles. The first-order valence-electron chi connectivity index (χ1n) is 10.5. The maximum Gasteiger partial charge on any atom is 0.253 e. The Bertz CT molecular complexity index is 1090. The second-order valence-corrected chi connectivity index (χ2v) is 7.76. The van der Waals surface area contributed by atoms with Crippen LogP contribution in [0.2, 0.25) is 0 Å². The Labute approximate surface area is 176 Å². The number of hydrogen-bond acceptors (Lipinski definition) is 4. The predicted octanol–water partition coefficient (Wildman–Crippen LogP) is 4.00. The number of carbonyl (C=O) groups is 1. The van der Waals surface area contributed by atoms with Crippen molar-refractivity contribution in [3.8, 4) is 0 Å². The van der Waals surface area contributed by atoms with Crippen molar-refractivity contribution >= 4 is 28.1 Å². The van der Waals surface area contributed by atoms with Gasteiger partial charge in [-0.1, -0.05) is 36.4 Å². The first kappa shape index (κ1) is 18.8. The van der Waals surface area contributed by atoms with Crippen LogP contribution in [0.4, 0.5) is 5.82 Å². The summed E-state index contributed by atoms with van der Waals surface area (Å²) in [6.07, 6.45) is 4.91. The predicted molar refractivity (Wildman–Crippen MR) is 120 cm³/mol. The average molecular weight is 399 g/mol. The zero-order valence-electron chi connectivity index (χ0n) is 17.0. The summed E-state index contributed by atoms with van der Waals surface area (Å²) >= 11 is 0. The van der Waals surface area contributed by atoms with E-state index in [9.17, 15) is 4.79 Å². The van der Waals surface area contributed by atoms with Gasteiger partial charge in [0.25, 0.3) is 5.91 Å². The third-order valence-corrected chi connectivity index (χ3v) is 5.98. The first-order chi connectivity index (χ1) is 14.8. The number of carbonyl (C=O) groups excluding carboxylic acids is 1. The van der Waals surface area contributed by atoms with Gasteiger partial charge in [0.1, 0.15) is 5.82 Å². The highest BCUT2D eigenvalue weighted by Crippen LogP contribution is 2.29. The maximum atomic E-state index is 13.1. The molecule has 5 heteroatoms. The average Bonchev–Trinajstić information content (AvgIpc) is 2.84. The molecule has 0 N–H and O–H groups in total. The number of ether oxygens (including phenoxy) is 1. The third kappa shape index (κ3) is 3.68. The third-order valence-electron chi connectivity index (χ3n) is 5.98. The van der Waals surface area contributed by atoms with Crippen molar-refractivity contribution in [2.45, 2.75) is 6.42 Å². The van der Waals surface area contributed by atoms with E-state index in [1.165, 1.54) is 16.5 Å². The van der Waals surface area contributed by atoms with Crippen molar-refractivity contribution in [3.05, 3.63) is 78.0 Å². The van der Waals surface area contributed by atoms with Gasteiger partial charge in [0.15, 0.2) is 0 Å². The minimum Gasteiger partial charge on any atom is -0.377 e. The van der Waals surface area contributed by atoms with Crippen LogP contribution in [0, 0.1) is 0 Å². The fourth-order valence-corrected chi connectivity index (χ4v) is 4.33. The van der Waals surface area contributed by atoms with E-state index in [4.69, 9.17) is 4.74 Å². The SMILES string of the molecule is O=C(c1ccc2c(C3=CCOCC3)cccc2c1)N1CCN(c2ccccn2)CC1. The van der Waals surface area contributed by atoms with E-state index < -0.39 is 0 Å². The number of pyridine rings is 1. The van der Waals surface area contributed by atoms with Gasteiger partial charge in [0.05, 0.1) is 13.2 Å². The highest BCUT2D eigenvalue weighted by Gasteiger charge is 2.23. The van der Waals surface area contributed by atoms with Crippen molar-refractivity contribution in [3.63, 3.8) is 0 Å². The number of piperazine rings is 1. The molecule has 0 saturated carbocycles. The molecule has 0 radical (unpaired) electrons. The van der Waals surface area contributed by atoms with Crippen molar-refractivity contribution < 1.29 is 9.53 Å². The topological polar surface area (TPSA) is 45.7 Å². The molecule has 0 atom stereocenters. The summed E-state index contributed by atoms with van der Waals surface area (Å²) < 4.78 is 5.45. The molecule has 2 aliphatic heterocycles. The van der Waals surface area contributed by atoms with Crippen LogP contribution in [-0.4, -0.2) is 55.2 Å². The molecule has 3 aromatic rings. The molecule has 0 spiro atoms. The van der Waals surface area contributed by atoms with Gasteiger partial charge in [-0.3, -0.25) is 4.79 Å². The molecule has 5 rings (SSSR count). The van der Waals surface area contributed by atoms with E-state index in [2.05, 4.69) is 40.2 Å². The van der Waals surface area contributed by atoms with Gasteiger partial charge in [-0.15, -0.1) is 0 Å². The van der Waals surface area contributed by atoms with Crippen LogP contribution in [0.15, 0.2) is 66.9 Å². The zero-order valence-corrected chi connectivity index (χ0v) is 17.0. The lowest BCUT2D eigenvalue weighted by atomic mass is 9.94. The Morgan fingerprint density at radius 2 is 1.87 bits per heavy atom. The second kappa shape index (κ2) is 8.28. The van der Waals surface area contributed by atoms with E-state index >= 15 is 0 Å². The molecule has 5 nitrogen and oxygen atoms in total. The number of rotatable bonds is 3. The Kier molecular flexibility index (Phi) is 5.20. The normalized spacial score (nSPS) is 17.1. The van der Waals surface area contributed by atoms with Crippen LogP contribution in [0.25, 0.3) is 16.3 Å². The molecular weight excluding hydrogens is 374 g/mol. The Hall–Kier alpha value is -3.18. The summed E-state index contributed by atoms with van der Waals surface area (Å²) in [6.45, 7) is 4.46. The van der Waals surface area contributed by atoms with E-state index in [-0.39, 0.29) is 5.91 Å². The molecule has 1 saturated heterocycles. The van der Waals surface area contributed by atoms with Crippen LogP contribution in [0.1, 0.15) is 22.3 Å². The number of benzene rings is 2. The number of amides is 1. The Morgan fingerprint density at radius 3 is 2.63 bits per heavy atom.